The van der Waals surface area contributed by atoms with Gasteiger partial charge in [-0.05, 0) is 31.5 Å². The van der Waals surface area contributed by atoms with Crippen LogP contribution in [0.2, 0.25) is 0 Å². The van der Waals surface area contributed by atoms with Crippen LogP contribution in [0.1, 0.15) is 18.2 Å². The molecule has 0 amide bonds. The van der Waals surface area contributed by atoms with Gasteiger partial charge in [0.25, 0.3) is 0 Å². The Labute approximate surface area is 91.8 Å². The Hall–Kier alpha value is -0.310. The van der Waals surface area contributed by atoms with Crippen molar-refractivity contribution in [2.75, 3.05) is 0 Å². The van der Waals surface area contributed by atoms with Crippen LogP contribution in [0.4, 0.5) is 0 Å². The van der Waals surface area contributed by atoms with Gasteiger partial charge in [0.1, 0.15) is 0 Å². The third-order valence-corrected chi connectivity index (χ3v) is 1.50. The van der Waals surface area contributed by atoms with E-state index in [9.17, 15) is 0 Å². The van der Waals surface area contributed by atoms with Gasteiger partial charge in [-0.25, -0.2) is 0 Å². The van der Waals surface area contributed by atoms with Crippen molar-refractivity contribution in [2.45, 2.75) is 26.3 Å². The Morgan fingerprint density at radius 3 is 2.54 bits per heavy atom. The molecule has 0 bridgehead atoms. The SMILES string of the molecule is Cc1ccnc(CC(C)N)c1.Cl.Cl. The van der Waals surface area contributed by atoms with Crippen molar-refractivity contribution in [3.05, 3.63) is 29.6 Å². The summed E-state index contributed by atoms with van der Waals surface area (Å²) >= 11 is 0. The zero-order chi connectivity index (χ0) is 8.27. The molecule has 0 aliphatic carbocycles. The predicted molar refractivity (Wildman–Crippen MR) is 60.8 cm³/mol. The van der Waals surface area contributed by atoms with E-state index in [-0.39, 0.29) is 30.9 Å². The van der Waals surface area contributed by atoms with Crippen molar-refractivity contribution in [2.24, 2.45) is 5.73 Å². The fourth-order valence-electron chi connectivity index (χ4n) is 1.04. The van der Waals surface area contributed by atoms with Crippen molar-refractivity contribution in [1.82, 2.24) is 4.98 Å². The monoisotopic (exact) mass is 222 g/mol. The summed E-state index contributed by atoms with van der Waals surface area (Å²) in [4.78, 5) is 4.20. The summed E-state index contributed by atoms with van der Waals surface area (Å²) in [6, 6.07) is 4.26. The van der Waals surface area contributed by atoms with Crippen molar-refractivity contribution < 1.29 is 0 Å². The van der Waals surface area contributed by atoms with E-state index in [1.165, 1.54) is 5.56 Å². The van der Waals surface area contributed by atoms with E-state index in [1.807, 2.05) is 19.2 Å². The van der Waals surface area contributed by atoms with E-state index in [1.54, 1.807) is 0 Å². The van der Waals surface area contributed by atoms with Crippen molar-refractivity contribution in [1.29, 1.82) is 0 Å². The van der Waals surface area contributed by atoms with Gasteiger partial charge in [0.15, 0.2) is 0 Å². The van der Waals surface area contributed by atoms with Crippen molar-refractivity contribution in [3.63, 3.8) is 0 Å². The molecule has 2 nitrogen and oxygen atoms in total. The fourth-order valence-corrected chi connectivity index (χ4v) is 1.04. The van der Waals surface area contributed by atoms with Gasteiger partial charge in [0.05, 0.1) is 0 Å². The van der Waals surface area contributed by atoms with Crippen LogP contribution in [0.25, 0.3) is 0 Å². The molecule has 13 heavy (non-hydrogen) atoms. The zero-order valence-corrected chi connectivity index (χ0v) is 9.49. The van der Waals surface area contributed by atoms with Crippen LogP contribution in [-0.4, -0.2) is 11.0 Å². The van der Waals surface area contributed by atoms with Crippen molar-refractivity contribution >= 4 is 24.8 Å². The zero-order valence-electron chi connectivity index (χ0n) is 7.86. The summed E-state index contributed by atoms with van der Waals surface area (Å²) in [7, 11) is 0. The highest BCUT2D eigenvalue weighted by Crippen LogP contribution is 2.01. The van der Waals surface area contributed by atoms with E-state index in [2.05, 4.69) is 18.0 Å². The lowest BCUT2D eigenvalue weighted by Crippen LogP contribution is -2.18. The molecule has 1 rings (SSSR count). The fraction of sp³-hybridized carbons (Fsp3) is 0.444. The first-order valence-electron chi connectivity index (χ1n) is 3.85. The molecule has 0 aliphatic heterocycles. The predicted octanol–water partition coefficient (Wildman–Crippen LogP) is 2.12. The molecule has 1 heterocycles. The lowest BCUT2D eigenvalue weighted by Gasteiger charge is -2.03. The quantitative estimate of drug-likeness (QED) is 0.834. The molecule has 0 fully saturated rings. The molecule has 76 valence electrons. The molecule has 0 spiro atoms. The molecular weight excluding hydrogens is 207 g/mol. The number of nitrogens with zero attached hydrogens (tertiary/aromatic N) is 1. The maximum atomic E-state index is 5.63. The number of aromatic nitrogens is 1. The molecule has 4 heteroatoms. The molecule has 0 aromatic carbocycles. The largest absolute Gasteiger partial charge is 0.328 e. The summed E-state index contributed by atoms with van der Waals surface area (Å²) in [5, 5.41) is 0. The van der Waals surface area contributed by atoms with E-state index < -0.39 is 0 Å². The van der Waals surface area contributed by atoms with Crippen LogP contribution < -0.4 is 5.73 Å². The standard InChI is InChI=1S/C9H14N2.2ClH/c1-7-3-4-11-9(5-7)6-8(2)10;;/h3-5,8H,6,10H2,1-2H3;2*1H. The summed E-state index contributed by atoms with van der Waals surface area (Å²) in [5.41, 5.74) is 7.96. The third kappa shape index (κ3) is 5.86. The van der Waals surface area contributed by atoms with Gasteiger partial charge in [-0.2, -0.15) is 0 Å². The lowest BCUT2D eigenvalue weighted by atomic mass is 10.1. The van der Waals surface area contributed by atoms with Crippen LogP contribution in [0, 0.1) is 6.92 Å². The van der Waals surface area contributed by atoms with Crippen LogP contribution >= 0.6 is 24.8 Å². The Balaban J connectivity index is 0. The van der Waals surface area contributed by atoms with E-state index >= 15 is 0 Å². The maximum Gasteiger partial charge on any atom is 0.0421 e. The summed E-state index contributed by atoms with van der Waals surface area (Å²) in [6.45, 7) is 4.05. The van der Waals surface area contributed by atoms with E-state index in [0.29, 0.717) is 0 Å². The first-order valence-corrected chi connectivity index (χ1v) is 3.85. The minimum absolute atomic E-state index is 0. The number of hydrogen-bond donors (Lipinski definition) is 1. The molecule has 0 aliphatic rings. The number of rotatable bonds is 2. The van der Waals surface area contributed by atoms with Gasteiger partial charge in [-0.15, -0.1) is 24.8 Å². The number of halogens is 2. The van der Waals surface area contributed by atoms with Gasteiger partial charge in [0, 0.05) is 24.4 Å². The molecule has 1 aromatic heterocycles. The first-order chi connectivity index (χ1) is 5.18. The minimum Gasteiger partial charge on any atom is -0.328 e. The lowest BCUT2D eigenvalue weighted by molar-refractivity contribution is 0.721. The second kappa shape index (κ2) is 7.13. The third-order valence-electron chi connectivity index (χ3n) is 1.50. The van der Waals surface area contributed by atoms with Crippen LogP contribution in [0.3, 0.4) is 0 Å². The molecule has 0 saturated heterocycles. The van der Waals surface area contributed by atoms with Crippen LogP contribution in [0.15, 0.2) is 18.3 Å². The molecule has 0 radical (unpaired) electrons. The highest BCUT2D eigenvalue weighted by atomic mass is 35.5. The number of nitrogens with two attached hydrogens (primary N) is 1. The van der Waals surface area contributed by atoms with Gasteiger partial charge in [-0.1, -0.05) is 0 Å². The number of pyridine rings is 1. The summed E-state index contributed by atoms with van der Waals surface area (Å²) in [5.74, 6) is 0. The highest BCUT2D eigenvalue weighted by Gasteiger charge is 1.97. The highest BCUT2D eigenvalue weighted by molar-refractivity contribution is 5.85. The average Bonchev–Trinajstić information content (AvgIpc) is 1.85. The van der Waals surface area contributed by atoms with Gasteiger partial charge >= 0.3 is 0 Å². The topological polar surface area (TPSA) is 38.9 Å². The van der Waals surface area contributed by atoms with E-state index in [4.69, 9.17) is 5.73 Å². The molecule has 2 N–H and O–H groups in total. The Bertz CT molecular complexity index is 239. The number of hydrogen-bond acceptors (Lipinski definition) is 2. The molecular formula is C9H16Cl2N2. The maximum absolute atomic E-state index is 5.63. The normalized spacial score (nSPS) is 11.0. The average molecular weight is 223 g/mol. The molecule has 1 atom stereocenters. The van der Waals surface area contributed by atoms with Gasteiger partial charge < -0.3 is 5.73 Å². The summed E-state index contributed by atoms with van der Waals surface area (Å²) < 4.78 is 0. The Morgan fingerprint density at radius 1 is 1.46 bits per heavy atom. The Morgan fingerprint density at radius 2 is 2.08 bits per heavy atom. The van der Waals surface area contributed by atoms with Crippen molar-refractivity contribution in [3.8, 4) is 0 Å². The molecule has 1 aromatic rings. The van der Waals surface area contributed by atoms with Crippen LogP contribution in [-0.2, 0) is 6.42 Å². The second-order valence-electron chi connectivity index (χ2n) is 3.01. The smallest absolute Gasteiger partial charge is 0.0421 e. The van der Waals surface area contributed by atoms with E-state index in [0.717, 1.165) is 12.1 Å². The van der Waals surface area contributed by atoms with Gasteiger partial charge in [-0.3, -0.25) is 4.98 Å². The number of aryl methyl sites for hydroxylation is 1. The minimum atomic E-state index is 0. The molecule has 0 saturated carbocycles. The molecule has 1 unspecified atom stereocenters. The Kier molecular flexibility index (Phi) is 8.32. The first kappa shape index (κ1) is 15.2. The second-order valence-corrected chi connectivity index (χ2v) is 3.01. The van der Waals surface area contributed by atoms with Crippen LogP contribution in [0.5, 0.6) is 0 Å². The van der Waals surface area contributed by atoms with Gasteiger partial charge in [0.2, 0.25) is 0 Å². The summed E-state index contributed by atoms with van der Waals surface area (Å²) in [6.07, 6.45) is 2.69.